The van der Waals surface area contributed by atoms with Crippen LogP contribution in [0.25, 0.3) is 11.4 Å². The number of carbonyl (C=O) groups excluding carboxylic acids is 1. The van der Waals surface area contributed by atoms with Crippen molar-refractivity contribution < 1.29 is 19.0 Å². The first kappa shape index (κ1) is 19.6. The molecule has 0 unspecified atom stereocenters. The van der Waals surface area contributed by atoms with E-state index in [0.717, 1.165) is 5.56 Å². The number of hydrogen-bond donors (Lipinski definition) is 1. The van der Waals surface area contributed by atoms with E-state index in [1.54, 1.807) is 54.7 Å². The van der Waals surface area contributed by atoms with Crippen molar-refractivity contribution in [3.63, 3.8) is 0 Å². The van der Waals surface area contributed by atoms with E-state index in [-0.39, 0.29) is 5.91 Å². The molecule has 32 heavy (non-hydrogen) atoms. The van der Waals surface area contributed by atoms with Crippen LogP contribution < -0.4 is 19.5 Å². The SMILES string of the molecule is O=C(Nc1ccc2c(c1)OCCO2)c1ccc(-c2nccc(Oc3ccccc3)n2)cc1. The van der Waals surface area contributed by atoms with Crippen molar-refractivity contribution >= 4 is 11.6 Å². The summed E-state index contributed by atoms with van der Waals surface area (Å²) in [7, 11) is 0. The van der Waals surface area contributed by atoms with Gasteiger partial charge in [-0.05, 0) is 36.4 Å². The lowest BCUT2D eigenvalue weighted by molar-refractivity contribution is 0.102. The number of benzene rings is 3. The summed E-state index contributed by atoms with van der Waals surface area (Å²) >= 11 is 0. The molecule has 0 aliphatic carbocycles. The van der Waals surface area contributed by atoms with E-state index < -0.39 is 0 Å². The summed E-state index contributed by atoms with van der Waals surface area (Å²) in [6.07, 6.45) is 1.64. The lowest BCUT2D eigenvalue weighted by Gasteiger charge is -2.19. The van der Waals surface area contributed by atoms with Gasteiger partial charge in [0.2, 0.25) is 5.88 Å². The Morgan fingerprint density at radius 2 is 1.66 bits per heavy atom. The molecule has 0 spiro atoms. The van der Waals surface area contributed by atoms with Gasteiger partial charge in [-0.15, -0.1) is 0 Å². The average Bonchev–Trinajstić information content (AvgIpc) is 2.85. The molecule has 2 heterocycles. The Morgan fingerprint density at radius 1 is 0.875 bits per heavy atom. The Bertz CT molecular complexity index is 1240. The van der Waals surface area contributed by atoms with Crippen LogP contribution in [0.3, 0.4) is 0 Å². The highest BCUT2D eigenvalue weighted by atomic mass is 16.6. The molecule has 7 heteroatoms. The molecule has 3 aromatic carbocycles. The smallest absolute Gasteiger partial charge is 0.255 e. The molecule has 7 nitrogen and oxygen atoms in total. The number of aromatic nitrogens is 2. The van der Waals surface area contributed by atoms with Crippen LogP contribution in [0.5, 0.6) is 23.1 Å². The summed E-state index contributed by atoms with van der Waals surface area (Å²) in [5, 5.41) is 2.88. The van der Waals surface area contributed by atoms with Gasteiger partial charge in [0.25, 0.3) is 5.91 Å². The van der Waals surface area contributed by atoms with Crippen LogP contribution in [-0.2, 0) is 0 Å². The van der Waals surface area contributed by atoms with Gasteiger partial charge in [-0.3, -0.25) is 4.79 Å². The van der Waals surface area contributed by atoms with Crippen LogP contribution in [-0.4, -0.2) is 29.1 Å². The first-order valence-corrected chi connectivity index (χ1v) is 10.1. The van der Waals surface area contributed by atoms with Gasteiger partial charge in [-0.1, -0.05) is 30.3 Å². The van der Waals surface area contributed by atoms with Gasteiger partial charge in [-0.2, -0.15) is 4.98 Å². The summed E-state index contributed by atoms with van der Waals surface area (Å²) in [6.45, 7) is 1.02. The van der Waals surface area contributed by atoms with E-state index in [0.29, 0.717) is 53.4 Å². The van der Waals surface area contributed by atoms with Crippen molar-refractivity contribution in [1.29, 1.82) is 0 Å². The number of nitrogens with one attached hydrogen (secondary N) is 1. The van der Waals surface area contributed by atoms with Crippen molar-refractivity contribution in [3.05, 3.63) is 90.6 Å². The summed E-state index contributed by atoms with van der Waals surface area (Å²) in [5.74, 6) is 2.73. The Morgan fingerprint density at radius 3 is 2.47 bits per heavy atom. The van der Waals surface area contributed by atoms with E-state index in [1.807, 2.05) is 30.3 Å². The number of amides is 1. The van der Waals surface area contributed by atoms with Crippen molar-refractivity contribution in [2.24, 2.45) is 0 Å². The zero-order valence-electron chi connectivity index (χ0n) is 17.0. The van der Waals surface area contributed by atoms with Crippen LogP contribution >= 0.6 is 0 Å². The lowest BCUT2D eigenvalue weighted by atomic mass is 10.1. The van der Waals surface area contributed by atoms with Gasteiger partial charge in [0.05, 0.1) is 0 Å². The minimum atomic E-state index is -0.227. The molecule has 0 fully saturated rings. The monoisotopic (exact) mass is 425 g/mol. The first-order chi connectivity index (χ1) is 15.7. The normalized spacial score (nSPS) is 12.1. The van der Waals surface area contributed by atoms with Crippen molar-refractivity contribution in [2.45, 2.75) is 0 Å². The quantitative estimate of drug-likeness (QED) is 0.487. The molecule has 5 rings (SSSR count). The second kappa shape index (κ2) is 8.77. The number of carbonyl (C=O) groups is 1. The van der Waals surface area contributed by atoms with E-state index in [2.05, 4.69) is 15.3 Å². The number of rotatable bonds is 5. The molecule has 0 bridgehead atoms. The van der Waals surface area contributed by atoms with Gasteiger partial charge >= 0.3 is 0 Å². The lowest BCUT2D eigenvalue weighted by Crippen LogP contribution is -2.16. The molecule has 1 aromatic heterocycles. The summed E-state index contributed by atoms with van der Waals surface area (Å²) < 4.78 is 16.8. The predicted molar refractivity (Wildman–Crippen MR) is 119 cm³/mol. The van der Waals surface area contributed by atoms with Gasteiger partial charge in [0.15, 0.2) is 17.3 Å². The number of ether oxygens (including phenoxy) is 3. The maximum absolute atomic E-state index is 12.7. The highest BCUT2D eigenvalue weighted by Gasteiger charge is 2.14. The predicted octanol–water partition coefficient (Wildman–Crippen LogP) is 4.96. The fraction of sp³-hybridized carbons (Fsp3) is 0.0800. The van der Waals surface area contributed by atoms with Crippen molar-refractivity contribution in [2.75, 3.05) is 18.5 Å². The molecule has 4 aromatic rings. The van der Waals surface area contributed by atoms with E-state index >= 15 is 0 Å². The molecule has 1 aliphatic rings. The Hall–Kier alpha value is -4.39. The van der Waals surface area contributed by atoms with Crippen LogP contribution in [0.15, 0.2) is 85.1 Å². The molecular weight excluding hydrogens is 406 g/mol. The largest absolute Gasteiger partial charge is 0.486 e. The number of nitrogens with zero attached hydrogens (tertiary/aromatic N) is 2. The molecule has 0 radical (unpaired) electrons. The molecule has 1 aliphatic heterocycles. The second-order valence-corrected chi connectivity index (χ2v) is 7.02. The Labute approximate surface area is 184 Å². The summed E-state index contributed by atoms with van der Waals surface area (Å²) in [4.78, 5) is 21.4. The van der Waals surface area contributed by atoms with Crippen LogP contribution in [0.4, 0.5) is 5.69 Å². The number of hydrogen-bond acceptors (Lipinski definition) is 6. The number of anilines is 1. The van der Waals surface area contributed by atoms with Crippen LogP contribution in [0.1, 0.15) is 10.4 Å². The third-order valence-electron chi connectivity index (χ3n) is 4.80. The molecule has 0 saturated carbocycles. The van der Waals surface area contributed by atoms with Crippen molar-refractivity contribution in [3.8, 4) is 34.5 Å². The van der Waals surface area contributed by atoms with Gasteiger partial charge < -0.3 is 19.5 Å². The minimum Gasteiger partial charge on any atom is -0.486 e. The maximum atomic E-state index is 12.7. The molecular formula is C25H19N3O4. The average molecular weight is 425 g/mol. The zero-order chi connectivity index (χ0) is 21.8. The third kappa shape index (κ3) is 4.37. The second-order valence-electron chi connectivity index (χ2n) is 7.02. The highest BCUT2D eigenvalue weighted by Crippen LogP contribution is 2.32. The van der Waals surface area contributed by atoms with E-state index in [4.69, 9.17) is 14.2 Å². The van der Waals surface area contributed by atoms with Crippen LogP contribution in [0.2, 0.25) is 0 Å². The fourth-order valence-electron chi connectivity index (χ4n) is 3.24. The van der Waals surface area contributed by atoms with Crippen LogP contribution in [0, 0.1) is 0 Å². The van der Waals surface area contributed by atoms with Gasteiger partial charge in [-0.25, -0.2) is 4.98 Å². The summed E-state index contributed by atoms with van der Waals surface area (Å²) in [6, 6.07) is 23.5. The molecule has 0 atom stereocenters. The molecule has 1 N–H and O–H groups in total. The maximum Gasteiger partial charge on any atom is 0.255 e. The zero-order valence-corrected chi connectivity index (χ0v) is 17.0. The number of para-hydroxylation sites is 1. The van der Waals surface area contributed by atoms with E-state index in [1.165, 1.54) is 0 Å². The fourth-order valence-corrected chi connectivity index (χ4v) is 3.24. The standard InChI is InChI=1S/C25H19N3O4/c29-25(27-19-10-11-21-22(16-19)31-15-14-30-21)18-8-6-17(7-9-18)24-26-13-12-23(28-24)32-20-4-2-1-3-5-20/h1-13,16H,14-15H2,(H,27,29). The van der Waals surface area contributed by atoms with Gasteiger partial charge in [0.1, 0.15) is 19.0 Å². The molecule has 0 saturated heterocycles. The van der Waals surface area contributed by atoms with E-state index in [9.17, 15) is 4.79 Å². The highest BCUT2D eigenvalue weighted by molar-refractivity contribution is 6.04. The molecule has 1 amide bonds. The Kier molecular flexibility index (Phi) is 5.36. The van der Waals surface area contributed by atoms with Gasteiger partial charge in [0, 0.05) is 35.1 Å². The molecule has 158 valence electrons. The third-order valence-corrected chi connectivity index (χ3v) is 4.80. The first-order valence-electron chi connectivity index (χ1n) is 10.1. The Balaban J connectivity index is 1.29. The summed E-state index contributed by atoms with van der Waals surface area (Å²) in [5.41, 5.74) is 1.93. The van der Waals surface area contributed by atoms with Crippen molar-refractivity contribution in [1.82, 2.24) is 9.97 Å². The number of fused-ring (bicyclic) bond motifs is 1. The topological polar surface area (TPSA) is 82.6 Å². The minimum absolute atomic E-state index is 0.227.